The molecule has 0 spiro atoms. The van der Waals surface area contributed by atoms with Crippen molar-refractivity contribution in [3.05, 3.63) is 18.0 Å². The van der Waals surface area contributed by atoms with E-state index >= 15 is 0 Å². The van der Waals surface area contributed by atoms with Crippen molar-refractivity contribution in [2.75, 3.05) is 6.61 Å². The molecule has 1 saturated carbocycles. The summed E-state index contributed by atoms with van der Waals surface area (Å²) in [6.45, 7) is -0.261. The van der Waals surface area contributed by atoms with E-state index in [1.54, 1.807) is 0 Å². The largest absolute Gasteiger partial charge is 0.477 e. The van der Waals surface area contributed by atoms with E-state index in [2.05, 4.69) is 9.71 Å². The number of nitrogens with one attached hydrogen (secondary N) is 2. The zero-order valence-corrected chi connectivity index (χ0v) is 9.62. The van der Waals surface area contributed by atoms with Gasteiger partial charge in [0.1, 0.15) is 10.6 Å². The van der Waals surface area contributed by atoms with Gasteiger partial charge in [-0.2, -0.15) is 0 Å². The van der Waals surface area contributed by atoms with Gasteiger partial charge in [-0.15, -0.1) is 0 Å². The van der Waals surface area contributed by atoms with Gasteiger partial charge in [-0.1, -0.05) is 0 Å². The number of rotatable bonds is 5. The molecule has 4 N–H and O–H groups in total. The topological polar surface area (TPSA) is 119 Å². The lowest BCUT2D eigenvalue weighted by molar-refractivity contribution is 0.0691. The van der Waals surface area contributed by atoms with Gasteiger partial charge in [-0.3, -0.25) is 0 Å². The van der Waals surface area contributed by atoms with E-state index in [4.69, 9.17) is 10.2 Å². The van der Waals surface area contributed by atoms with Gasteiger partial charge in [0.15, 0.2) is 0 Å². The van der Waals surface area contributed by atoms with Gasteiger partial charge in [0.25, 0.3) is 0 Å². The molecule has 0 aliphatic heterocycles. The number of aromatic amines is 1. The average Bonchev–Trinajstić information content (AvgIpc) is 2.82. The first-order valence-electron chi connectivity index (χ1n) is 4.95. The van der Waals surface area contributed by atoms with Gasteiger partial charge in [-0.05, 0) is 18.9 Å². The molecule has 7 nitrogen and oxygen atoms in total. The van der Waals surface area contributed by atoms with Crippen LogP contribution in [0.1, 0.15) is 23.3 Å². The Morgan fingerprint density at radius 1 is 1.53 bits per heavy atom. The summed E-state index contributed by atoms with van der Waals surface area (Å²) in [6.07, 6.45) is 2.27. The number of aliphatic hydroxyl groups excluding tert-OH is 1. The molecule has 0 atom stereocenters. The molecule has 8 heteroatoms. The molecule has 0 amide bonds. The number of aromatic nitrogens is 1. The summed E-state index contributed by atoms with van der Waals surface area (Å²) in [5, 5.41) is 17.7. The van der Waals surface area contributed by atoms with Gasteiger partial charge >= 0.3 is 5.97 Å². The first-order chi connectivity index (χ1) is 7.88. The van der Waals surface area contributed by atoms with Crippen LogP contribution in [0.3, 0.4) is 0 Å². The summed E-state index contributed by atoms with van der Waals surface area (Å²) < 4.78 is 26.1. The molecule has 1 heterocycles. The minimum atomic E-state index is -3.78. The maximum atomic E-state index is 11.8. The predicted molar refractivity (Wildman–Crippen MR) is 57.1 cm³/mol. The van der Waals surface area contributed by atoms with E-state index in [9.17, 15) is 13.2 Å². The molecule has 1 aromatic rings. The van der Waals surface area contributed by atoms with E-state index < -0.39 is 21.5 Å². The number of carboxylic acids is 1. The van der Waals surface area contributed by atoms with Crippen molar-refractivity contribution in [1.82, 2.24) is 9.71 Å². The first kappa shape index (κ1) is 12.1. The fourth-order valence-corrected chi connectivity index (χ4v) is 2.88. The average molecular weight is 260 g/mol. The van der Waals surface area contributed by atoms with E-state index in [0.29, 0.717) is 12.8 Å². The smallest absolute Gasteiger partial charge is 0.352 e. The van der Waals surface area contributed by atoms with E-state index in [0.717, 1.165) is 12.3 Å². The number of carbonyl (C=O) groups is 1. The van der Waals surface area contributed by atoms with Crippen LogP contribution in [0.4, 0.5) is 0 Å². The number of sulfonamides is 1. The van der Waals surface area contributed by atoms with Crippen molar-refractivity contribution in [3.63, 3.8) is 0 Å². The zero-order chi connectivity index (χ0) is 12.7. The second-order valence-corrected chi connectivity index (χ2v) is 5.78. The first-order valence-corrected chi connectivity index (χ1v) is 6.43. The van der Waals surface area contributed by atoms with Crippen molar-refractivity contribution < 1.29 is 23.4 Å². The molecule has 94 valence electrons. The lowest BCUT2D eigenvalue weighted by atomic mass is 10.3. The van der Waals surface area contributed by atoms with Crippen LogP contribution < -0.4 is 4.72 Å². The van der Waals surface area contributed by atoms with Gasteiger partial charge in [0, 0.05) is 6.20 Å². The highest BCUT2D eigenvalue weighted by Crippen LogP contribution is 2.36. The quantitative estimate of drug-likeness (QED) is 0.570. The van der Waals surface area contributed by atoms with Crippen LogP contribution in [0.2, 0.25) is 0 Å². The van der Waals surface area contributed by atoms with E-state index in [1.807, 2.05) is 0 Å². The molecule has 2 rings (SSSR count). The van der Waals surface area contributed by atoms with Crippen molar-refractivity contribution in [1.29, 1.82) is 0 Å². The van der Waals surface area contributed by atoms with Crippen LogP contribution in [0.25, 0.3) is 0 Å². The number of aliphatic hydroxyl groups is 1. The molecule has 1 aliphatic carbocycles. The summed E-state index contributed by atoms with van der Waals surface area (Å²) in [5.41, 5.74) is -0.960. The lowest BCUT2D eigenvalue weighted by Gasteiger charge is -2.13. The minimum absolute atomic E-state index is 0.144. The molecule has 1 aromatic heterocycles. The van der Waals surface area contributed by atoms with Crippen LogP contribution in [0.5, 0.6) is 0 Å². The zero-order valence-electron chi connectivity index (χ0n) is 8.80. The summed E-state index contributed by atoms with van der Waals surface area (Å²) in [7, 11) is -3.78. The second kappa shape index (κ2) is 3.83. The monoisotopic (exact) mass is 260 g/mol. The lowest BCUT2D eigenvalue weighted by Crippen LogP contribution is -2.39. The highest BCUT2D eigenvalue weighted by molar-refractivity contribution is 7.89. The third-order valence-corrected chi connectivity index (χ3v) is 4.26. The fourth-order valence-electron chi connectivity index (χ4n) is 1.44. The summed E-state index contributed by atoms with van der Waals surface area (Å²) in [6, 6.07) is 1.04. The molecule has 0 unspecified atom stereocenters. The van der Waals surface area contributed by atoms with E-state index in [1.165, 1.54) is 0 Å². The maximum absolute atomic E-state index is 11.8. The molecule has 0 aromatic carbocycles. The molecule has 0 radical (unpaired) electrons. The van der Waals surface area contributed by atoms with Crippen molar-refractivity contribution in [2.24, 2.45) is 0 Å². The van der Waals surface area contributed by atoms with E-state index in [-0.39, 0.29) is 17.2 Å². The fraction of sp³-hybridized carbons (Fsp3) is 0.444. The number of hydrogen-bond acceptors (Lipinski definition) is 4. The molecule has 1 fully saturated rings. The normalized spacial score (nSPS) is 17.9. The molecular formula is C9H12N2O5S. The predicted octanol–water partition coefficient (Wildman–Crippen LogP) is -0.484. The van der Waals surface area contributed by atoms with Crippen LogP contribution in [0.15, 0.2) is 17.2 Å². The van der Waals surface area contributed by atoms with Crippen LogP contribution in [-0.4, -0.2) is 41.7 Å². The third kappa shape index (κ3) is 2.33. The van der Waals surface area contributed by atoms with Gasteiger partial charge < -0.3 is 15.2 Å². The Morgan fingerprint density at radius 3 is 2.59 bits per heavy atom. The highest BCUT2D eigenvalue weighted by atomic mass is 32.2. The maximum Gasteiger partial charge on any atom is 0.352 e. The van der Waals surface area contributed by atoms with Crippen LogP contribution >= 0.6 is 0 Å². The summed E-state index contributed by atoms with van der Waals surface area (Å²) >= 11 is 0. The highest BCUT2D eigenvalue weighted by Gasteiger charge is 2.45. The van der Waals surface area contributed by atoms with Crippen molar-refractivity contribution >= 4 is 16.0 Å². The number of carboxylic acid groups (broad SMARTS) is 1. The molecule has 0 bridgehead atoms. The third-order valence-electron chi connectivity index (χ3n) is 2.70. The number of hydrogen-bond donors (Lipinski definition) is 4. The molecule has 1 aliphatic rings. The minimum Gasteiger partial charge on any atom is -0.477 e. The van der Waals surface area contributed by atoms with Crippen LogP contribution in [-0.2, 0) is 10.0 Å². The molecule has 17 heavy (non-hydrogen) atoms. The van der Waals surface area contributed by atoms with Gasteiger partial charge in [-0.25, -0.2) is 17.9 Å². The molecule has 0 saturated heterocycles. The van der Waals surface area contributed by atoms with Crippen molar-refractivity contribution in [2.45, 2.75) is 23.3 Å². The summed E-state index contributed by atoms with van der Waals surface area (Å²) in [5.74, 6) is -1.23. The number of aromatic carboxylic acids is 1. The summed E-state index contributed by atoms with van der Waals surface area (Å²) in [4.78, 5) is 12.8. The Bertz CT molecular complexity index is 543. The Labute approximate surface area is 97.5 Å². The van der Waals surface area contributed by atoms with Crippen molar-refractivity contribution in [3.8, 4) is 0 Å². The Balaban J connectivity index is 2.22. The standard InChI is InChI=1S/C9H12N2O5S/c12-5-9(1-2-9)11-17(15,16)6-3-7(8(13)14)10-4-6/h3-4,10-12H,1-2,5H2,(H,13,14). The van der Waals surface area contributed by atoms with Crippen LogP contribution in [0, 0.1) is 0 Å². The number of H-pyrrole nitrogens is 1. The van der Waals surface area contributed by atoms with Gasteiger partial charge in [0.05, 0.1) is 12.1 Å². The molecular weight excluding hydrogens is 248 g/mol. The second-order valence-electron chi connectivity index (χ2n) is 4.10. The SMILES string of the molecule is O=C(O)c1cc(S(=O)(=O)NC2(CO)CC2)c[nH]1. The Hall–Kier alpha value is -1.38. The Kier molecular flexibility index (Phi) is 2.72. The van der Waals surface area contributed by atoms with Gasteiger partial charge in [0.2, 0.25) is 10.0 Å². The Morgan fingerprint density at radius 2 is 2.18 bits per heavy atom.